The molecule has 2 rings (SSSR count). The van der Waals surface area contributed by atoms with Crippen molar-refractivity contribution in [2.24, 2.45) is 5.92 Å². The van der Waals surface area contributed by atoms with Gasteiger partial charge in [0.25, 0.3) is 0 Å². The van der Waals surface area contributed by atoms with Crippen molar-refractivity contribution in [1.29, 1.82) is 0 Å². The van der Waals surface area contributed by atoms with E-state index >= 15 is 0 Å². The highest BCUT2D eigenvalue weighted by Crippen LogP contribution is 2.25. The number of hydrogen-bond acceptors (Lipinski definition) is 1. The number of hydrogen-bond donors (Lipinski definition) is 1. The molecule has 0 heterocycles. The van der Waals surface area contributed by atoms with Gasteiger partial charge in [-0.25, -0.2) is 4.39 Å². The Morgan fingerprint density at radius 1 is 1.38 bits per heavy atom. The van der Waals surface area contributed by atoms with Crippen molar-refractivity contribution in [3.63, 3.8) is 0 Å². The minimum Gasteiger partial charge on any atom is -0.314 e. The zero-order valence-electron chi connectivity index (χ0n) is 10.0. The lowest BCUT2D eigenvalue weighted by Crippen LogP contribution is -2.26. The highest BCUT2D eigenvalue weighted by Gasteiger charge is 2.22. The Labute approximate surface area is 97.1 Å². The lowest BCUT2D eigenvalue weighted by molar-refractivity contribution is 0.445. The maximum atomic E-state index is 13.1. The zero-order valence-corrected chi connectivity index (χ0v) is 10.0. The van der Waals surface area contributed by atoms with Crippen molar-refractivity contribution in [1.82, 2.24) is 5.32 Å². The Morgan fingerprint density at radius 2 is 2.12 bits per heavy atom. The van der Waals surface area contributed by atoms with E-state index in [0.29, 0.717) is 11.8 Å². The Morgan fingerprint density at radius 3 is 2.75 bits per heavy atom. The molecule has 16 heavy (non-hydrogen) atoms. The van der Waals surface area contributed by atoms with Gasteiger partial charge in [0.1, 0.15) is 5.82 Å². The van der Waals surface area contributed by atoms with Gasteiger partial charge in [-0.2, -0.15) is 0 Å². The second kappa shape index (κ2) is 4.96. The summed E-state index contributed by atoms with van der Waals surface area (Å²) in [6.45, 7) is 5.43. The second-order valence-corrected chi connectivity index (χ2v) is 5.00. The van der Waals surface area contributed by atoms with E-state index in [0.717, 1.165) is 18.2 Å². The number of halogens is 1. The molecule has 0 radical (unpaired) electrons. The first-order chi connectivity index (χ1) is 7.66. The van der Waals surface area contributed by atoms with Crippen LogP contribution in [0.2, 0.25) is 0 Å². The molecule has 2 unspecified atom stereocenters. The van der Waals surface area contributed by atoms with E-state index in [-0.39, 0.29) is 5.82 Å². The molecule has 1 aromatic carbocycles. The zero-order chi connectivity index (χ0) is 11.5. The third kappa shape index (κ3) is 3.05. The summed E-state index contributed by atoms with van der Waals surface area (Å²) in [6, 6.07) is 7.72. The van der Waals surface area contributed by atoms with Crippen LogP contribution in [-0.4, -0.2) is 12.6 Å². The lowest BCUT2D eigenvalue weighted by Gasteiger charge is -2.20. The monoisotopic (exact) mass is 221 g/mol. The molecule has 1 N–H and O–H groups in total. The van der Waals surface area contributed by atoms with Gasteiger partial charge < -0.3 is 5.32 Å². The van der Waals surface area contributed by atoms with Gasteiger partial charge in [0.15, 0.2) is 0 Å². The summed E-state index contributed by atoms with van der Waals surface area (Å²) in [7, 11) is 0. The van der Waals surface area contributed by atoms with E-state index in [1.165, 1.54) is 18.9 Å². The lowest BCUT2D eigenvalue weighted by atomic mass is 9.89. The highest BCUT2D eigenvalue weighted by molar-refractivity contribution is 5.20. The van der Waals surface area contributed by atoms with Crippen LogP contribution in [0.1, 0.15) is 38.2 Å². The topological polar surface area (TPSA) is 12.0 Å². The van der Waals surface area contributed by atoms with E-state index in [1.54, 1.807) is 12.1 Å². The van der Waals surface area contributed by atoms with Crippen molar-refractivity contribution in [2.75, 3.05) is 6.54 Å². The van der Waals surface area contributed by atoms with Gasteiger partial charge in [0.2, 0.25) is 0 Å². The van der Waals surface area contributed by atoms with Crippen molar-refractivity contribution in [3.05, 3.63) is 35.6 Å². The van der Waals surface area contributed by atoms with Crippen molar-refractivity contribution >= 4 is 0 Å². The van der Waals surface area contributed by atoms with Crippen LogP contribution < -0.4 is 5.32 Å². The minimum absolute atomic E-state index is 0.133. The first kappa shape index (κ1) is 11.6. The molecule has 88 valence electrons. The fourth-order valence-corrected chi connectivity index (χ4v) is 1.94. The van der Waals surface area contributed by atoms with Gasteiger partial charge in [-0.3, -0.25) is 0 Å². The predicted molar refractivity (Wildman–Crippen MR) is 65.0 cm³/mol. The fourth-order valence-electron chi connectivity index (χ4n) is 1.94. The van der Waals surface area contributed by atoms with Gasteiger partial charge in [-0.15, -0.1) is 0 Å². The summed E-state index contributed by atoms with van der Waals surface area (Å²) < 4.78 is 13.1. The summed E-state index contributed by atoms with van der Waals surface area (Å²) in [5, 5.41) is 3.53. The average Bonchev–Trinajstić information content (AvgIpc) is 3.08. The molecule has 0 aromatic heterocycles. The molecule has 2 heteroatoms. The molecule has 1 nitrogen and oxygen atoms in total. The smallest absolute Gasteiger partial charge is 0.123 e. The Bertz CT molecular complexity index is 346. The van der Waals surface area contributed by atoms with Gasteiger partial charge in [-0.1, -0.05) is 26.0 Å². The maximum absolute atomic E-state index is 13.1. The van der Waals surface area contributed by atoms with Gasteiger partial charge in [0.05, 0.1) is 0 Å². The largest absolute Gasteiger partial charge is 0.314 e. The highest BCUT2D eigenvalue weighted by atomic mass is 19.1. The molecule has 0 amide bonds. The third-order valence-electron chi connectivity index (χ3n) is 3.53. The number of nitrogens with one attached hydrogen (secondary N) is 1. The average molecular weight is 221 g/mol. The third-order valence-corrected chi connectivity index (χ3v) is 3.53. The van der Waals surface area contributed by atoms with Crippen LogP contribution in [0.3, 0.4) is 0 Å². The molecule has 1 saturated carbocycles. The summed E-state index contributed by atoms with van der Waals surface area (Å²) >= 11 is 0. The SMILES string of the molecule is CC(CNC1CC1)C(C)c1cccc(F)c1. The first-order valence-electron chi connectivity index (χ1n) is 6.15. The van der Waals surface area contributed by atoms with Crippen LogP contribution >= 0.6 is 0 Å². The second-order valence-electron chi connectivity index (χ2n) is 5.00. The summed E-state index contributed by atoms with van der Waals surface area (Å²) in [4.78, 5) is 0. The van der Waals surface area contributed by atoms with E-state index in [1.807, 2.05) is 6.07 Å². The van der Waals surface area contributed by atoms with Crippen LogP contribution in [0.15, 0.2) is 24.3 Å². The quantitative estimate of drug-likeness (QED) is 0.804. The van der Waals surface area contributed by atoms with E-state index in [9.17, 15) is 4.39 Å². The fraction of sp³-hybridized carbons (Fsp3) is 0.571. The predicted octanol–water partition coefficient (Wildman–Crippen LogP) is 3.32. The maximum Gasteiger partial charge on any atom is 0.123 e. The van der Waals surface area contributed by atoms with Crippen LogP contribution in [0.4, 0.5) is 4.39 Å². The first-order valence-corrected chi connectivity index (χ1v) is 6.15. The van der Waals surface area contributed by atoms with Crippen LogP contribution in [0.5, 0.6) is 0 Å². The van der Waals surface area contributed by atoms with Crippen LogP contribution in [-0.2, 0) is 0 Å². The van der Waals surface area contributed by atoms with E-state index in [4.69, 9.17) is 0 Å². The normalized spacial score (nSPS) is 19.4. The summed E-state index contributed by atoms with van der Waals surface area (Å²) in [5.74, 6) is 0.816. The molecular weight excluding hydrogens is 201 g/mol. The minimum atomic E-state index is -0.133. The molecule has 1 aromatic rings. The molecule has 1 aliphatic rings. The Hall–Kier alpha value is -0.890. The van der Waals surface area contributed by atoms with Crippen molar-refractivity contribution in [3.8, 4) is 0 Å². The molecule has 0 saturated heterocycles. The van der Waals surface area contributed by atoms with E-state index < -0.39 is 0 Å². The number of rotatable bonds is 5. The molecule has 1 aliphatic carbocycles. The van der Waals surface area contributed by atoms with Crippen molar-refractivity contribution < 1.29 is 4.39 Å². The van der Waals surface area contributed by atoms with Gasteiger partial charge >= 0.3 is 0 Å². The molecule has 2 atom stereocenters. The van der Waals surface area contributed by atoms with Crippen LogP contribution in [0, 0.1) is 11.7 Å². The Kier molecular flexibility index (Phi) is 3.59. The van der Waals surface area contributed by atoms with Crippen molar-refractivity contribution in [2.45, 2.75) is 38.6 Å². The molecule has 0 bridgehead atoms. The standard InChI is InChI=1S/C14H20FN/c1-10(9-16-14-6-7-14)11(2)12-4-3-5-13(15)8-12/h3-5,8,10-11,14,16H,6-7,9H2,1-2H3. The van der Waals surface area contributed by atoms with E-state index in [2.05, 4.69) is 19.2 Å². The van der Waals surface area contributed by atoms with Gasteiger partial charge in [0, 0.05) is 6.04 Å². The number of benzene rings is 1. The molecule has 1 fully saturated rings. The summed E-state index contributed by atoms with van der Waals surface area (Å²) in [6.07, 6.45) is 2.64. The molecule has 0 aliphatic heterocycles. The summed E-state index contributed by atoms with van der Waals surface area (Å²) in [5.41, 5.74) is 1.10. The van der Waals surface area contributed by atoms with Crippen LogP contribution in [0.25, 0.3) is 0 Å². The Balaban J connectivity index is 1.91. The molecular formula is C14H20FN. The van der Waals surface area contributed by atoms with Gasteiger partial charge in [-0.05, 0) is 48.9 Å². The molecule has 0 spiro atoms.